The average molecular weight is 266 g/mol. The molecule has 0 aromatic carbocycles. The first-order valence-electron chi connectivity index (χ1n) is 3.24. The van der Waals surface area contributed by atoms with Gasteiger partial charge in [-0.15, -0.1) is 8.96 Å². The van der Waals surface area contributed by atoms with Crippen LogP contribution in [0, 0.1) is 0 Å². The Bertz CT molecular complexity index is 241. The molecule has 96 valence electrons. The quantitative estimate of drug-likeness (QED) is 0.378. The van der Waals surface area contributed by atoms with Crippen LogP contribution in [0.15, 0.2) is 0 Å². The summed E-state index contributed by atoms with van der Waals surface area (Å²) in [5, 5.41) is -6.73. The van der Waals surface area contributed by atoms with Gasteiger partial charge in [0.2, 0.25) is 0 Å². The van der Waals surface area contributed by atoms with E-state index in [1.165, 1.54) is 0 Å². The summed E-state index contributed by atoms with van der Waals surface area (Å²) >= 11 is 0. The maximum absolute atomic E-state index is 12.2. The zero-order chi connectivity index (χ0) is 13.2. The van der Waals surface area contributed by atoms with E-state index in [2.05, 4.69) is 0 Å². The van der Waals surface area contributed by atoms with Crippen molar-refractivity contribution in [3.63, 3.8) is 0 Å². The molecule has 0 N–H and O–H groups in total. The minimum Gasteiger partial charge on any atom is -0.177 e. The second-order valence-corrected chi connectivity index (χ2v) is 2.73. The Hall–Kier alpha value is -0.780. The summed E-state index contributed by atoms with van der Waals surface area (Å²) in [4.78, 5) is 0. The minimum atomic E-state index is -6.45. The second kappa shape index (κ2) is 2.91. The molecule has 1 aliphatic rings. The fraction of sp³-hybridized carbons (Fsp3) is 1.00. The molecule has 0 aliphatic carbocycles. The first kappa shape index (κ1) is 13.3. The van der Waals surface area contributed by atoms with E-state index < -0.39 is 34.4 Å². The molecule has 1 rings (SSSR count). The molecule has 1 aliphatic heterocycles. The predicted molar refractivity (Wildman–Crippen MR) is 25.7 cm³/mol. The second-order valence-electron chi connectivity index (χ2n) is 2.73. The molecule has 0 aromatic rings. The molecule has 0 spiro atoms. The molecule has 0 atom stereocenters. The van der Waals surface area contributed by atoms with Crippen molar-refractivity contribution in [3.05, 3.63) is 0 Å². The van der Waals surface area contributed by atoms with Gasteiger partial charge in [0.1, 0.15) is 0 Å². The van der Waals surface area contributed by atoms with Crippen molar-refractivity contribution in [1.82, 2.24) is 10.2 Å². The Kier molecular flexibility index (Phi) is 2.42. The molecule has 0 aromatic heterocycles. The van der Waals surface area contributed by atoms with Gasteiger partial charge in [-0.2, -0.15) is 35.1 Å². The van der Waals surface area contributed by atoms with Gasteiger partial charge >= 0.3 is 24.2 Å². The Morgan fingerprint density at radius 1 is 0.438 bits per heavy atom. The predicted octanol–water partition coefficient (Wildman–Crippen LogP) is 2.74. The van der Waals surface area contributed by atoms with Crippen molar-refractivity contribution in [2.45, 2.75) is 24.2 Å². The number of hydrogen-bond donors (Lipinski definition) is 0. The Balaban J connectivity index is 3.39. The maximum Gasteiger partial charge on any atom is 0.415 e. The van der Waals surface area contributed by atoms with E-state index in [1.54, 1.807) is 0 Å². The van der Waals surface area contributed by atoms with Gasteiger partial charge in [0.25, 0.3) is 0 Å². The van der Waals surface area contributed by atoms with E-state index in [1.807, 2.05) is 0 Å². The van der Waals surface area contributed by atoms with E-state index >= 15 is 0 Å². The summed E-state index contributed by atoms with van der Waals surface area (Å²) in [5.41, 5.74) is 0. The first-order valence-corrected chi connectivity index (χ1v) is 3.24. The molecule has 0 amide bonds. The highest BCUT2D eigenvalue weighted by atomic mass is 19.4. The third-order valence-corrected chi connectivity index (χ3v) is 1.71. The molecule has 0 bridgehead atoms. The fourth-order valence-electron chi connectivity index (χ4n) is 0.825. The summed E-state index contributed by atoms with van der Waals surface area (Å²) in [7, 11) is 0. The molecule has 1 saturated heterocycles. The highest BCUT2D eigenvalue weighted by molar-refractivity contribution is 4.96. The van der Waals surface area contributed by atoms with Crippen LogP contribution in [-0.4, -0.2) is 34.4 Å². The van der Waals surface area contributed by atoms with Crippen LogP contribution >= 0.6 is 0 Å². The largest absolute Gasteiger partial charge is 0.415 e. The highest BCUT2D eigenvalue weighted by Gasteiger charge is 2.87. The Morgan fingerprint density at radius 3 is 0.688 bits per heavy atom. The molecule has 0 saturated carbocycles. The Labute approximate surface area is 79.9 Å². The van der Waals surface area contributed by atoms with Crippen LogP contribution in [-0.2, 0) is 0 Å². The van der Waals surface area contributed by atoms with E-state index in [9.17, 15) is 44.1 Å². The van der Waals surface area contributed by atoms with E-state index in [0.717, 1.165) is 0 Å². The van der Waals surface area contributed by atoms with Crippen LogP contribution in [0.3, 0.4) is 0 Å². The van der Waals surface area contributed by atoms with Crippen LogP contribution in [0.2, 0.25) is 0 Å². The van der Waals surface area contributed by atoms with Crippen LogP contribution in [0.1, 0.15) is 0 Å². The van der Waals surface area contributed by atoms with Crippen molar-refractivity contribution >= 4 is 0 Å². The maximum atomic E-state index is 12.2. The fourth-order valence-corrected chi connectivity index (χ4v) is 0.825. The lowest BCUT2D eigenvalue weighted by Gasteiger charge is -2.45. The number of hydrogen-bond acceptors (Lipinski definition) is 2. The molecule has 12 heteroatoms. The van der Waals surface area contributed by atoms with Gasteiger partial charge in [0.05, 0.1) is 0 Å². The van der Waals surface area contributed by atoms with Crippen molar-refractivity contribution in [2.24, 2.45) is 0 Å². The SMILES string of the molecule is FN1C(F)(F)C(F)(F)N(F)C(F)(F)C1(F)F. The van der Waals surface area contributed by atoms with E-state index in [4.69, 9.17) is 0 Å². The van der Waals surface area contributed by atoms with Crippen molar-refractivity contribution in [1.29, 1.82) is 0 Å². The van der Waals surface area contributed by atoms with Gasteiger partial charge in [-0.25, -0.2) is 0 Å². The summed E-state index contributed by atoms with van der Waals surface area (Å²) in [6, 6.07) is -25.8. The number of nitrogens with zero attached hydrogens (tertiary/aromatic N) is 2. The normalized spacial score (nSPS) is 32.6. The summed E-state index contributed by atoms with van der Waals surface area (Å²) in [6.07, 6.45) is 0. The van der Waals surface area contributed by atoms with Crippen LogP contribution in [0.5, 0.6) is 0 Å². The van der Waals surface area contributed by atoms with Gasteiger partial charge < -0.3 is 0 Å². The van der Waals surface area contributed by atoms with Gasteiger partial charge in [-0.05, 0) is 10.2 Å². The van der Waals surface area contributed by atoms with Gasteiger partial charge in [-0.3, -0.25) is 0 Å². The molecule has 16 heavy (non-hydrogen) atoms. The van der Waals surface area contributed by atoms with Gasteiger partial charge in [-0.1, -0.05) is 0 Å². The van der Waals surface area contributed by atoms with Gasteiger partial charge in [0, 0.05) is 0 Å². The van der Waals surface area contributed by atoms with E-state index in [-0.39, 0.29) is 0 Å². The molecule has 2 nitrogen and oxygen atoms in total. The van der Waals surface area contributed by atoms with Crippen molar-refractivity contribution in [2.75, 3.05) is 0 Å². The molecular weight excluding hydrogens is 266 g/mol. The topological polar surface area (TPSA) is 6.48 Å². The minimum absolute atomic E-state index is 3.36. The summed E-state index contributed by atoms with van der Waals surface area (Å²) in [5.74, 6) is 0. The zero-order valence-corrected chi connectivity index (χ0v) is 6.67. The highest BCUT2D eigenvalue weighted by Crippen LogP contribution is 2.57. The van der Waals surface area contributed by atoms with Crippen LogP contribution in [0.25, 0.3) is 0 Å². The van der Waals surface area contributed by atoms with Crippen molar-refractivity contribution < 1.29 is 44.1 Å². The van der Waals surface area contributed by atoms with Crippen molar-refractivity contribution in [3.8, 4) is 0 Å². The third-order valence-electron chi connectivity index (χ3n) is 1.71. The summed E-state index contributed by atoms with van der Waals surface area (Å²) in [6.45, 7) is 0. The first-order chi connectivity index (χ1) is 6.81. The smallest absolute Gasteiger partial charge is 0.177 e. The number of rotatable bonds is 0. The monoisotopic (exact) mass is 266 g/mol. The van der Waals surface area contributed by atoms with Crippen LogP contribution < -0.4 is 0 Å². The summed E-state index contributed by atoms with van der Waals surface area (Å²) < 4.78 is 122. The lowest BCUT2D eigenvalue weighted by atomic mass is 10.2. The lowest BCUT2D eigenvalue weighted by molar-refractivity contribution is -0.566. The molecule has 0 unspecified atom stereocenters. The third kappa shape index (κ3) is 1.16. The molecule has 1 heterocycles. The van der Waals surface area contributed by atoms with Gasteiger partial charge in [0.15, 0.2) is 0 Å². The number of halogens is 10. The number of piperazine rings is 1. The standard InChI is InChI=1S/C4F10N2/c5-1(6)2(7,8)16(14)4(11,12)3(9,10)15(1)13. The molecule has 0 radical (unpaired) electrons. The lowest BCUT2D eigenvalue weighted by Crippen LogP contribution is -2.77. The van der Waals surface area contributed by atoms with E-state index in [0.29, 0.717) is 0 Å². The zero-order valence-electron chi connectivity index (χ0n) is 6.67. The van der Waals surface area contributed by atoms with Crippen LogP contribution in [0.4, 0.5) is 44.1 Å². The molecular formula is C4F10N2. The Morgan fingerprint density at radius 2 is 0.562 bits per heavy atom. The average Bonchev–Trinajstić information content (AvgIpc) is 2.13. The number of alkyl halides is 8. The molecule has 1 fully saturated rings.